The van der Waals surface area contributed by atoms with Crippen LogP contribution < -0.4 is 0 Å². The van der Waals surface area contributed by atoms with Gasteiger partial charge >= 0.3 is 0 Å². The number of thioether (sulfide) groups is 2. The van der Waals surface area contributed by atoms with Gasteiger partial charge in [-0.1, -0.05) is 61.6 Å². The Balaban J connectivity index is 1.96. The second-order valence-electron chi connectivity index (χ2n) is 7.73. The molecular formula is C23H26N2S2. The van der Waals surface area contributed by atoms with E-state index in [9.17, 15) is 0 Å². The molecule has 1 aromatic heterocycles. The van der Waals surface area contributed by atoms with Gasteiger partial charge in [-0.3, -0.25) is 0 Å². The van der Waals surface area contributed by atoms with Crippen molar-refractivity contribution in [1.82, 2.24) is 4.98 Å². The Labute approximate surface area is 171 Å². The van der Waals surface area contributed by atoms with Gasteiger partial charge in [0.05, 0.1) is 5.69 Å². The van der Waals surface area contributed by atoms with Gasteiger partial charge in [-0.2, -0.15) is 0 Å². The quantitative estimate of drug-likeness (QED) is 0.507. The first-order valence-electron chi connectivity index (χ1n) is 9.06. The van der Waals surface area contributed by atoms with E-state index in [2.05, 4.69) is 75.9 Å². The number of hydrogen-bond acceptors (Lipinski definition) is 4. The highest BCUT2D eigenvalue weighted by Gasteiger charge is 2.32. The number of allylic oxidation sites excluding steroid dienone is 1. The predicted molar refractivity (Wildman–Crippen MR) is 121 cm³/mol. The Bertz CT molecular complexity index is 939. The number of pyridine rings is 1. The summed E-state index contributed by atoms with van der Waals surface area (Å²) in [7, 11) is 0. The summed E-state index contributed by atoms with van der Waals surface area (Å²) in [5.74, 6) is 0. The summed E-state index contributed by atoms with van der Waals surface area (Å²) in [6, 6.07) is 10.5. The van der Waals surface area contributed by atoms with Crippen molar-refractivity contribution in [2.75, 3.05) is 0 Å². The topological polar surface area (TPSA) is 25.2 Å². The lowest BCUT2D eigenvalue weighted by Gasteiger charge is -2.33. The first-order chi connectivity index (χ1) is 12.7. The van der Waals surface area contributed by atoms with Gasteiger partial charge in [0.2, 0.25) is 0 Å². The smallest absolute Gasteiger partial charge is 0.105 e. The van der Waals surface area contributed by atoms with Gasteiger partial charge in [0.1, 0.15) is 10.1 Å². The van der Waals surface area contributed by atoms with Crippen molar-refractivity contribution in [1.29, 1.82) is 0 Å². The van der Waals surface area contributed by atoms with Crippen LogP contribution in [0.25, 0.3) is 0 Å². The minimum Gasteiger partial charge on any atom is -0.250 e. The Kier molecular flexibility index (Phi) is 5.97. The van der Waals surface area contributed by atoms with E-state index in [1.165, 1.54) is 27.2 Å². The highest BCUT2D eigenvalue weighted by Crippen LogP contribution is 2.48. The van der Waals surface area contributed by atoms with Crippen molar-refractivity contribution in [2.45, 2.75) is 46.1 Å². The van der Waals surface area contributed by atoms with E-state index < -0.39 is 0 Å². The van der Waals surface area contributed by atoms with Gasteiger partial charge < -0.3 is 0 Å². The zero-order valence-corrected chi connectivity index (χ0v) is 18.3. The molecule has 1 saturated heterocycles. The number of hydrogen-bond donors (Lipinski definition) is 0. The van der Waals surface area contributed by atoms with Gasteiger partial charge in [-0.25, -0.2) is 9.98 Å². The molecule has 1 aliphatic rings. The van der Waals surface area contributed by atoms with E-state index in [0.717, 1.165) is 22.2 Å². The fourth-order valence-corrected chi connectivity index (χ4v) is 4.80. The molecule has 140 valence electrons. The summed E-state index contributed by atoms with van der Waals surface area (Å²) in [6.45, 7) is 15.1. The van der Waals surface area contributed by atoms with Crippen molar-refractivity contribution in [3.05, 3.63) is 75.7 Å². The molecule has 0 atom stereocenters. The van der Waals surface area contributed by atoms with Crippen molar-refractivity contribution >= 4 is 34.3 Å². The minimum absolute atomic E-state index is 0.0540. The van der Waals surface area contributed by atoms with Crippen molar-refractivity contribution in [2.24, 2.45) is 10.4 Å². The Morgan fingerprint density at radius 1 is 1.15 bits per heavy atom. The third-order valence-electron chi connectivity index (χ3n) is 4.67. The average molecular weight is 395 g/mol. The summed E-state index contributed by atoms with van der Waals surface area (Å²) in [5, 5.41) is 4.28. The minimum atomic E-state index is 0.0540. The largest absolute Gasteiger partial charge is 0.250 e. The van der Waals surface area contributed by atoms with Crippen LogP contribution >= 0.6 is 23.5 Å². The molecule has 4 heteroatoms. The van der Waals surface area contributed by atoms with Crippen molar-refractivity contribution in [3.8, 4) is 0 Å². The van der Waals surface area contributed by atoms with Crippen LogP contribution in [0.4, 0.5) is 5.69 Å². The predicted octanol–water partition coefficient (Wildman–Crippen LogP) is 7.39. The Hall–Kier alpha value is -1.78. The zero-order chi connectivity index (χ0) is 19.6. The first-order valence-corrected chi connectivity index (χ1v) is 10.8. The molecule has 0 unspecified atom stereocenters. The van der Waals surface area contributed by atoms with E-state index >= 15 is 0 Å². The SMILES string of the molecule is C=C1SC(=N\c2ccc(C)cc2C)/C(=C/Sc2cc(C)ccn2)CC1(C)C. The molecule has 1 aromatic carbocycles. The fraction of sp³-hybridized carbons (Fsp3) is 0.304. The van der Waals surface area contributed by atoms with Gasteiger partial charge in [0.15, 0.2) is 0 Å². The van der Waals surface area contributed by atoms with Crippen LogP contribution in [-0.2, 0) is 0 Å². The molecule has 0 radical (unpaired) electrons. The van der Waals surface area contributed by atoms with Gasteiger partial charge in [-0.15, -0.1) is 0 Å². The lowest BCUT2D eigenvalue weighted by molar-refractivity contribution is 0.472. The molecule has 27 heavy (non-hydrogen) atoms. The molecule has 0 N–H and O–H groups in total. The molecule has 2 aromatic rings. The summed E-state index contributed by atoms with van der Waals surface area (Å²) >= 11 is 3.37. The fourth-order valence-electron chi connectivity index (χ4n) is 2.90. The zero-order valence-electron chi connectivity index (χ0n) is 16.7. The highest BCUT2D eigenvalue weighted by molar-refractivity contribution is 8.17. The first kappa shape index (κ1) is 20.0. The lowest BCUT2D eigenvalue weighted by atomic mass is 9.85. The highest BCUT2D eigenvalue weighted by atomic mass is 32.2. The molecule has 0 spiro atoms. The number of aliphatic imine (C=N–C) groups is 1. The summed E-state index contributed by atoms with van der Waals surface area (Å²) in [5.41, 5.74) is 6.02. The number of benzene rings is 1. The van der Waals surface area contributed by atoms with Crippen LogP contribution in [-0.4, -0.2) is 10.0 Å². The van der Waals surface area contributed by atoms with Gasteiger partial charge in [0, 0.05) is 6.20 Å². The molecule has 2 nitrogen and oxygen atoms in total. The lowest BCUT2D eigenvalue weighted by Crippen LogP contribution is -2.22. The molecule has 1 aliphatic heterocycles. The summed E-state index contributed by atoms with van der Waals surface area (Å²) < 4.78 is 0. The third kappa shape index (κ3) is 4.94. The van der Waals surface area contributed by atoms with E-state index in [4.69, 9.17) is 4.99 Å². The van der Waals surface area contributed by atoms with Crippen molar-refractivity contribution < 1.29 is 0 Å². The maximum absolute atomic E-state index is 5.00. The van der Waals surface area contributed by atoms with Crippen LogP contribution in [0.3, 0.4) is 0 Å². The number of nitrogens with zero attached hydrogens (tertiary/aromatic N) is 2. The molecule has 3 rings (SSSR count). The average Bonchev–Trinajstić information content (AvgIpc) is 2.59. The second-order valence-corrected chi connectivity index (χ2v) is 9.70. The monoisotopic (exact) mass is 394 g/mol. The number of aryl methyl sites for hydroxylation is 3. The van der Waals surface area contributed by atoms with Gasteiger partial charge in [-0.05, 0) is 77.8 Å². The van der Waals surface area contributed by atoms with Gasteiger partial charge in [0.25, 0.3) is 0 Å². The van der Waals surface area contributed by atoms with Crippen LogP contribution in [0.15, 0.2) is 69.0 Å². The Morgan fingerprint density at radius 2 is 1.89 bits per heavy atom. The molecule has 0 saturated carbocycles. The maximum Gasteiger partial charge on any atom is 0.105 e. The normalized spacial score (nSPS) is 19.7. The van der Waals surface area contributed by atoms with Crippen molar-refractivity contribution in [3.63, 3.8) is 0 Å². The number of aromatic nitrogens is 1. The molecule has 1 fully saturated rings. The molecule has 2 heterocycles. The van der Waals surface area contributed by atoms with E-state index in [0.29, 0.717) is 0 Å². The van der Waals surface area contributed by atoms with Crippen LogP contribution in [0.5, 0.6) is 0 Å². The molecular weight excluding hydrogens is 368 g/mol. The Morgan fingerprint density at radius 3 is 2.59 bits per heavy atom. The third-order valence-corrected chi connectivity index (χ3v) is 6.88. The maximum atomic E-state index is 5.00. The number of rotatable bonds is 3. The summed E-state index contributed by atoms with van der Waals surface area (Å²) in [6.07, 6.45) is 2.80. The molecule has 0 bridgehead atoms. The van der Waals surface area contributed by atoms with Crippen LogP contribution in [0.1, 0.15) is 37.0 Å². The second kappa shape index (κ2) is 8.07. The molecule has 0 aliphatic carbocycles. The van der Waals surface area contributed by atoms with E-state index in [-0.39, 0.29) is 5.41 Å². The van der Waals surface area contributed by atoms with Crippen LogP contribution in [0.2, 0.25) is 0 Å². The summed E-state index contributed by atoms with van der Waals surface area (Å²) in [4.78, 5) is 10.6. The van der Waals surface area contributed by atoms with E-state index in [1.54, 1.807) is 23.5 Å². The molecule has 0 amide bonds. The standard InChI is InChI=1S/C23H26N2S2/c1-15-7-8-20(17(3)11-15)25-22-19(13-23(5,6)18(4)27-22)14-26-21-12-16(2)9-10-24-21/h7-12,14H,4,13H2,1-3,5-6H3/b19-14+,25-22-. The van der Waals surface area contributed by atoms with Crippen LogP contribution in [0, 0.1) is 26.2 Å². The van der Waals surface area contributed by atoms with E-state index in [1.807, 2.05) is 12.3 Å².